The van der Waals surface area contributed by atoms with Gasteiger partial charge in [0.05, 0.1) is 5.56 Å². The summed E-state index contributed by atoms with van der Waals surface area (Å²) in [7, 11) is 0. The Morgan fingerprint density at radius 3 is 2.55 bits per heavy atom. The van der Waals surface area contributed by atoms with Crippen LogP contribution in [-0.4, -0.2) is 12.5 Å². The SMILES string of the molecule is Nc1ccc(CCNC(=O)c2ccc(Br)cc2F)cc1. The topological polar surface area (TPSA) is 55.1 Å². The minimum Gasteiger partial charge on any atom is -0.399 e. The van der Waals surface area contributed by atoms with Crippen LogP contribution in [0.25, 0.3) is 0 Å². The smallest absolute Gasteiger partial charge is 0.254 e. The van der Waals surface area contributed by atoms with Crippen molar-refractivity contribution in [1.82, 2.24) is 5.32 Å². The number of anilines is 1. The quantitative estimate of drug-likeness (QED) is 0.842. The number of carbonyl (C=O) groups is 1. The van der Waals surface area contributed by atoms with E-state index in [2.05, 4.69) is 21.2 Å². The number of hydrogen-bond acceptors (Lipinski definition) is 2. The molecule has 0 heterocycles. The molecular weight excluding hydrogens is 323 g/mol. The Labute approximate surface area is 125 Å². The molecule has 2 rings (SSSR count). The second-order valence-electron chi connectivity index (χ2n) is 4.37. The molecule has 0 saturated heterocycles. The van der Waals surface area contributed by atoms with Crippen molar-refractivity contribution in [3.8, 4) is 0 Å². The van der Waals surface area contributed by atoms with E-state index in [1.165, 1.54) is 12.1 Å². The summed E-state index contributed by atoms with van der Waals surface area (Å²) >= 11 is 3.15. The van der Waals surface area contributed by atoms with Crippen LogP contribution in [0.15, 0.2) is 46.9 Å². The first-order chi connectivity index (χ1) is 9.56. The Balaban J connectivity index is 1.90. The molecule has 0 aliphatic rings. The van der Waals surface area contributed by atoms with Gasteiger partial charge in [0.15, 0.2) is 0 Å². The van der Waals surface area contributed by atoms with Crippen LogP contribution >= 0.6 is 15.9 Å². The van der Waals surface area contributed by atoms with Crippen molar-refractivity contribution >= 4 is 27.5 Å². The monoisotopic (exact) mass is 336 g/mol. The molecule has 104 valence electrons. The first-order valence-electron chi connectivity index (χ1n) is 6.14. The lowest BCUT2D eigenvalue weighted by molar-refractivity contribution is 0.0950. The molecule has 5 heteroatoms. The van der Waals surface area contributed by atoms with Crippen LogP contribution in [0.3, 0.4) is 0 Å². The third-order valence-corrected chi connectivity index (χ3v) is 3.35. The Kier molecular flexibility index (Phi) is 4.74. The van der Waals surface area contributed by atoms with Gasteiger partial charge < -0.3 is 11.1 Å². The van der Waals surface area contributed by atoms with Crippen molar-refractivity contribution in [3.63, 3.8) is 0 Å². The van der Waals surface area contributed by atoms with Gasteiger partial charge in [-0.3, -0.25) is 4.79 Å². The number of benzene rings is 2. The third-order valence-electron chi connectivity index (χ3n) is 2.85. The van der Waals surface area contributed by atoms with Gasteiger partial charge in [0, 0.05) is 16.7 Å². The number of nitrogen functional groups attached to an aromatic ring is 1. The van der Waals surface area contributed by atoms with E-state index in [1.807, 2.05) is 24.3 Å². The van der Waals surface area contributed by atoms with E-state index in [4.69, 9.17) is 5.73 Å². The predicted octanol–water partition coefficient (Wildman–Crippen LogP) is 3.14. The maximum Gasteiger partial charge on any atom is 0.254 e. The average molecular weight is 337 g/mol. The molecule has 0 saturated carbocycles. The second-order valence-corrected chi connectivity index (χ2v) is 5.29. The summed E-state index contributed by atoms with van der Waals surface area (Å²) < 4.78 is 14.2. The number of nitrogens with two attached hydrogens (primary N) is 1. The largest absolute Gasteiger partial charge is 0.399 e. The molecule has 2 aromatic carbocycles. The van der Waals surface area contributed by atoms with Gasteiger partial charge in [-0.15, -0.1) is 0 Å². The lowest BCUT2D eigenvalue weighted by Gasteiger charge is -2.07. The molecule has 0 aliphatic carbocycles. The molecule has 0 radical (unpaired) electrons. The van der Waals surface area contributed by atoms with E-state index in [-0.39, 0.29) is 5.56 Å². The fraction of sp³-hybridized carbons (Fsp3) is 0.133. The number of amides is 1. The van der Waals surface area contributed by atoms with E-state index < -0.39 is 11.7 Å². The summed E-state index contributed by atoms with van der Waals surface area (Å²) in [5.41, 5.74) is 7.41. The molecule has 20 heavy (non-hydrogen) atoms. The molecule has 2 aromatic rings. The van der Waals surface area contributed by atoms with Crippen molar-refractivity contribution in [1.29, 1.82) is 0 Å². The number of rotatable bonds is 4. The molecule has 0 bridgehead atoms. The van der Waals surface area contributed by atoms with Crippen LogP contribution in [-0.2, 0) is 6.42 Å². The highest BCUT2D eigenvalue weighted by Gasteiger charge is 2.11. The maximum absolute atomic E-state index is 13.6. The minimum atomic E-state index is -0.538. The van der Waals surface area contributed by atoms with E-state index >= 15 is 0 Å². The van der Waals surface area contributed by atoms with Gasteiger partial charge >= 0.3 is 0 Å². The highest BCUT2D eigenvalue weighted by molar-refractivity contribution is 9.10. The summed E-state index contributed by atoms with van der Waals surface area (Å²) in [6.45, 7) is 0.443. The standard InChI is InChI=1S/C15H14BrFN2O/c16-11-3-6-13(14(17)9-11)15(20)19-8-7-10-1-4-12(18)5-2-10/h1-6,9H,7-8,18H2,(H,19,20). The normalized spacial score (nSPS) is 10.3. The average Bonchev–Trinajstić information content (AvgIpc) is 2.41. The predicted molar refractivity (Wildman–Crippen MR) is 81.0 cm³/mol. The molecule has 3 N–H and O–H groups in total. The summed E-state index contributed by atoms with van der Waals surface area (Å²) in [6.07, 6.45) is 0.671. The van der Waals surface area contributed by atoms with Crippen molar-refractivity contribution in [2.75, 3.05) is 12.3 Å². The van der Waals surface area contributed by atoms with E-state index in [0.717, 1.165) is 5.56 Å². The fourth-order valence-electron chi connectivity index (χ4n) is 1.77. The molecule has 0 spiro atoms. The maximum atomic E-state index is 13.6. The van der Waals surface area contributed by atoms with Crippen molar-refractivity contribution in [3.05, 3.63) is 63.9 Å². The Morgan fingerprint density at radius 1 is 1.20 bits per heavy atom. The lowest BCUT2D eigenvalue weighted by atomic mass is 10.1. The number of nitrogens with one attached hydrogen (secondary N) is 1. The van der Waals surface area contributed by atoms with Crippen molar-refractivity contribution in [2.45, 2.75) is 6.42 Å². The molecular formula is C15H14BrFN2O. The molecule has 0 aromatic heterocycles. The number of halogens is 2. The van der Waals surface area contributed by atoms with Gasteiger partial charge in [0.1, 0.15) is 5.82 Å². The van der Waals surface area contributed by atoms with Crippen molar-refractivity contribution < 1.29 is 9.18 Å². The van der Waals surface area contributed by atoms with Crippen molar-refractivity contribution in [2.24, 2.45) is 0 Å². The Morgan fingerprint density at radius 2 is 1.90 bits per heavy atom. The first-order valence-corrected chi connectivity index (χ1v) is 6.93. The summed E-state index contributed by atoms with van der Waals surface area (Å²) in [4.78, 5) is 11.8. The minimum absolute atomic E-state index is 0.0468. The Bertz CT molecular complexity index is 614. The molecule has 0 unspecified atom stereocenters. The summed E-state index contributed by atoms with van der Waals surface area (Å²) in [5.74, 6) is -0.949. The fourth-order valence-corrected chi connectivity index (χ4v) is 2.11. The van der Waals surface area contributed by atoms with Crippen LogP contribution in [0.4, 0.5) is 10.1 Å². The van der Waals surface area contributed by atoms with Gasteiger partial charge in [-0.1, -0.05) is 28.1 Å². The zero-order valence-corrected chi connectivity index (χ0v) is 12.3. The van der Waals surface area contributed by atoms with Gasteiger partial charge in [-0.2, -0.15) is 0 Å². The van der Waals surface area contributed by atoms with Crippen LogP contribution < -0.4 is 11.1 Å². The summed E-state index contributed by atoms with van der Waals surface area (Å²) in [5, 5.41) is 2.70. The van der Waals surface area contributed by atoms with Crippen LogP contribution in [0.1, 0.15) is 15.9 Å². The van der Waals surface area contributed by atoms with E-state index in [1.54, 1.807) is 6.07 Å². The number of hydrogen-bond donors (Lipinski definition) is 2. The second kappa shape index (κ2) is 6.52. The third kappa shape index (κ3) is 3.81. The van der Waals surface area contributed by atoms with Crippen LogP contribution in [0, 0.1) is 5.82 Å². The molecule has 0 aliphatic heterocycles. The van der Waals surface area contributed by atoms with Gasteiger partial charge in [0.2, 0.25) is 0 Å². The van der Waals surface area contributed by atoms with Crippen LogP contribution in [0.5, 0.6) is 0 Å². The highest BCUT2D eigenvalue weighted by Crippen LogP contribution is 2.15. The first kappa shape index (κ1) is 14.5. The molecule has 3 nitrogen and oxygen atoms in total. The van der Waals surface area contributed by atoms with Gasteiger partial charge in [-0.05, 0) is 42.3 Å². The molecule has 1 amide bonds. The molecule has 0 atom stereocenters. The number of carbonyl (C=O) groups excluding carboxylic acids is 1. The zero-order chi connectivity index (χ0) is 14.5. The van der Waals surface area contributed by atoms with E-state index in [9.17, 15) is 9.18 Å². The van der Waals surface area contributed by atoms with Gasteiger partial charge in [-0.25, -0.2) is 4.39 Å². The van der Waals surface area contributed by atoms with E-state index in [0.29, 0.717) is 23.1 Å². The van der Waals surface area contributed by atoms with Crippen LogP contribution in [0.2, 0.25) is 0 Å². The lowest BCUT2D eigenvalue weighted by Crippen LogP contribution is -2.26. The summed E-state index contributed by atoms with van der Waals surface area (Å²) in [6, 6.07) is 11.8. The van der Waals surface area contributed by atoms with Gasteiger partial charge in [0.25, 0.3) is 5.91 Å². The highest BCUT2D eigenvalue weighted by atomic mass is 79.9. The Hall–Kier alpha value is -1.88. The molecule has 0 fully saturated rings. The zero-order valence-electron chi connectivity index (χ0n) is 10.7.